The lowest BCUT2D eigenvalue weighted by molar-refractivity contribution is 0.343. The van der Waals surface area contributed by atoms with E-state index in [0.717, 1.165) is 34.0 Å². The molecule has 3 rings (SSSR count). The lowest BCUT2D eigenvalue weighted by atomic mass is 10.0. The molecule has 5 heteroatoms. The third-order valence-corrected chi connectivity index (χ3v) is 3.85. The third kappa shape index (κ3) is 3.72. The van der Waals surface area contributed by atoms with Crippen molar-refractivity contribution >= 4 is 6.08 Å². The molecule has 2 aromatic carbocycles. The second-order valence-electron chi connectivity index (χ2n) is 5.39. The van der Waals surface area contributed by atoms with Gasteiger partial charge in [-0.2, -0.15) is 0 Å². The second-order valence-corrected chi connectivity index (χ2v) is 5.39. The molecular formula is C20H20N2O3. The maximum atomic E-state index is 9.00. The van der Waals surface area contributed by atoms with Gasteiger partial charge in [0.2, 0.25) is 0 Å². The Morgan fingerprint density at radius 1 is 0.920 bits per heavy atom. The van der Waals surface area contributed by atoms with Gasteiger partial charge in [0, 0.05) is 11.1 Å². The van der Waals surface area contributed by atoms with Gasteiger partial charge in [0.05, 0.1) is 32.2 Å². The molecular weight excluding hydrogens is 316 g/mol. The molecule has 0 radical (unpaired) electrons. The molecule has 1 heterocycles. The highest BCUT2D eigenvalue weighted by molar-refractivity contribution is 5.80. The third-order valence-electron chi connectivity index (χ3n) is 3.85. The van der Waals surface area contributed by atoms with Crippen molar-refractivity contribution in [1.29, 1.82) is 0 Å². The first kappa shape index (κ1) is 16.8. The average Bonchev–Trinajstić information content (AvgIpc) is 3.10. The summed E-state index contributed by atoms with van der Waals surface area (Å²) in [5, 5.41) is 9.00. The number of nitrogens with zero attached hydrogens (tertiary/aromatic N) is 1. The molecule has 1 aromatic heterocycles. The van der Waals surface area contributed by atoms with Crippen LogP contribution in [0, 0.1) is 0 Å². The van der Waals surface area contributed by atoms with E-state index < -0.39 is 0 Å². The van der Waals surface area contributed by atoms with Crippen molar-refractivity contribution in [2.24, 2.45) is 0 Å². The number of benzene rings is 2. The fourth-order valence-corrected chi connectivity index (χ4v) is 2.56. The highest BCUT2D eigenvalue weighted by Gasteiger charge is 2.13. The van der Waals surface area contributed by atoms with Crippen LogP contribution >= 0.6 is 0 Å². The van der Waals surface area contributed by atoms with E-state index >= 15 is 0 Å². The van der Waals surface area contributed by atoms with Crippen LogP contribution < -0.4 is 9.47 Å². The number of imidazole rings is 1. The van der Waals surface area contributed by atoms with Gasteiger partial charge in [-0.15, -0.1) is 0 Å². The van der Waals surface area contributed by atoms with Crippen LogP contribution in [0.2, 0.25) is 0 Å². The first-order valence-corrected chi connectivity index (χ1v) is 7.91. The Hall–Kier alpha value is -3.05. The number of ether oxygens (including phenoxy) is 2. The van der Waals surface area contributed by atoms with Gasteiger partial charge in [0.15, 0.2) is 0 Å². The van der Waals surface area contributed by atoms with E-state index in [4.69, 9.17) is 14.6 Å². The Labute approximate surface area is 146 Å². The lowest BCUT2D eigenvalue weighted by Gasteiger charge is -2.06. The smallest absolute Gasteiger partial charge is 0.130 e. The monoisotopic (exact) mass is 336 g/mol. The molecule has 0 bridgehead atoms. The zero-order chi connectivity index (χ0) is 17.6. The molecule has 0 aliphatic heterocycles. The molecule has 0 aliphatic carbocycles. The highest BCUT2D eigenvalue weighted by atomic mass is 16.5. The Kier molecular flexibility index (Phi) is 5.16. The van der Waals surface area contributed by atoms with Gasteiger partial charge in [-0.3, -0.25) is 0 Å². The van der Waals surface area contributed by atoms with Gasteiger partial charge in [0.25, 0.3) is 0 Å². The summed E-state index contributed by atoms with van der Waals surface area (Å²) < 4.78 is 10.4. The van der Waals surface area contributed by atoms with E-state index in [1.165, 1.54) is 0 Å². The van der Waals surface area contributed by atoms with E-state index in [2.05, 4.69) is 9.97 Å². The zero-order valence-corrected chi connectivity index (χ0v) is 14.2. The number of aromatic amines is 1. The summed E-state index contributed by atoms with van der Waals surface area (Å²) in [7, 11) is 3.29. The topological polar surface area (TPSA) is 67.4 Å². The molecule has 25 heavy (non-hydrogen) atoms. The van der Waals surface area contributed by atoms with Gasteiger partial charge in [-0.05, 0) is 54.6 Å². The molecule has 0 fully saturated rings. The summed E-state index contributed by atoms with van der Waals surface area (Å²) in [4.78, 5) is 7.98. The van der Waals surface area contributed by atoms with Crippen molar-refractivity contribution in [3.63, 3.8) is 0 Å². The summed E-state index contributed by atoms with van der Waals surface area (Å²) in [5.74, 6) is 2.28. The van der Waals surface area contributed by atoms with E-state index in [9.17, 15) is 0 Å². The number of hydrogen-bond donors (Lipinski definition) is 2. The van der Waals surface area contributed by atoms with Crippen LogP contribution in [-0.2, 0) is 0 Å². The molecule has 128 valence electrons. The van der Waals surface area contributed by atoms with Crippen molar-refractivity contribution in [1.82, 2.24) is 9.97 Å². The number of aliphatic hydroxyl groups excluding tert-OH is 1. The SMILES string of the molecule is COc1ccc(-c2nc(/C=C/CO)[nH]c2-c2ccc(OC)cc2)cc1. The van der Waals surface area contributed by atoms with E-state index in [0.29, 0.717) is 5.82 Å². The van der Waals surface area contributed by atoms with E-state index in [1.54, 1.807) is 26.4 Å². The molecule has 0 spiro atoms. The number of aromatic nitrogens is 2. The molecule has 0 saturated carbocycles. The van der Waals surface area contributed by atoms with Crippen LogP contribution in [0.25, 0.3) is 28.6 Å². The van der Waals surface area contributed by atoms with Crippen LogP contribution in [0.1, 0.15) is 5.82 Å². The molecule has 5 nitrogen and oxygen atoms in total. The van der Waals surface area contributed by atoms with Crippen LogP contribution in [0.4, 0.5) is 0 Å². The number of aliphatic hydroxyl groups is 1. The molecule has 0 unspecified atom stereocenters. The average molecular weight is 336 g/mol. The molecule has 0 aliphatic rings. The first-order chi connectivity index (χ1) is 12.2. The largest absolute Gasteiger partial charge is 0.497 e. The minimum absolute atomic E-state index is 0.0313. The molecule has 0 amide bonds. The van der Waals surface area contributed by atoms with Crippen molar-refractivity contribution in [2.75, 3.05) is 20.8 Å². The van der Waals surface area contributed by atoms with Crippen molar-refractivity contribution < 1.29 is 14.6 Å². The number of hydrogen-bond acceptors (Lipinski definition) is 4. The lowest BCUT2D eigenvalue weighted by Crippen LogP contribution is -1.87. The van der Waals surface area contributed by atoms with Gasteiger partial charge < -0.3 is 19.6 Å². The van der Waals surface area contributed by atoms with Crippen LogP contribution in [0.15, 0.2) is 54.6 Å². The number of nitrogens with one attached hydrogen (secondary N) is 1. The quantitative estimate of drug-likeness (QED) is 0.719. The predicted molar refractivity (Wildman–Crippen MR) is 98.7 cm³/mol. The summed E-state index contributed by atoms with van der Waals surface area (Å²) in [5.41, 5.74) is 3.73. The van der Waals surface area contributed by atoms with Crippen molar-refractivity contribution in [3.8, 4) is 34.0 Å². The summed E-state index contributed by atoms with van der Waals surface area (Å²) in [6.07, 6.45) is 3.41. The summed E-state index contributed by atoms with van der Waals surface area (Å²) in [6, 6.07) is 15.6. The van der Waals surface area contributed by atoms with Gasteiger partial charge >= 0.3 is 0 Å². The minimum atomic E-state index is -0.0313. The van der Waals surface area contributed by atoms with E-state index in [1.807, 2.05) is 48.5 Å². The van der Waals surface area contributed by atoms with Gasteiger partial charge in [0.1, 0.15) is 17.3 Å². The predicted octanol–water partition coefficient (Wildman–Crippen LogP) is 3.77. The molecule has 0 saturated heterocycles. The van der Waals surface area contributed by atoms with Crippen molar-refractivity contribution in [2.45, 2.75) is 0 Å². The molecule has 0 atom stereocenters. The standard InChI is InChI=1S/C20H20N2O3/c1-24-16-9-5-14(6-10-16)19-20(22-18(21-19)4-3-13-23)15-7-11-17(25-2)12-8-15/h3-12,23H,13H2,1-2H3,(H,21,22)/b4-3+. The molecule has 3 aromatic rings. The van der Waals surface area contributed by atoms with Crippen LogP contribution in [0.3, 0.4) is 0 Å². The zero-order valence-electron chi connectivity index (χ0n) is 14.2. The van der Waals surface area contributed by atoms with Gasteiger partial charge in [-0.1, -0.05) is 6.08 Å². The Balaban J connectivity index is 2.07. The fraction of sp³-hybridized carbons (Fsp3) is 0.150. The second kappa shape index (κ2) is 7.68. The fourth-order valence-electron chi connectivity index (χ4n) is 2.56. The first-order valence-electron chi connectivity index (χ1n) is 7.91. The normalized spacial score (nSPS) is 11.0. The Morgan fingerprint density at radius 3 is 2.00 bits per heavy atom. The maximum Gasteiger partial charge on any atom is 0.130 e. The van der Waals surface area contributed by atoms with Crippen molar-refractivity contribution in [3.05, 3.63) is 60.4 Å². The minimum Gasteiger partial charge on any atom is -0.497 e. The summed E-state index contributed by atoms with van der Waals surface area (Å²) in [6.45, 7) is -0.0313. The van der Waals surface area contributed by atoms with Crippen LogP contribution in [0.5, 0.6) is 11.5 Å². The Bertz CT molecular complexity index is 785. The number of methoxy groups -OCH3 is 2. The Morgan fingerprint density at radius 2 is 1.48 bits per heavy atom. The number of rotatable bonds is 6. The number of H-pyrrole nitrogens is 1. The molecule has 2 N–H and O–H groups in total. The highest BCUT2D eigenvalue weighted by Crippen LogP contribution is 2.32. The van der Waals surface area contributed by atoms with E-state index in [-0.39, 0.29) is 6.61 Å². The maximum absolute atomic E-state index is 9.00. The van der Waals surface area contributed by atoms with Gasteiger partial charge in [-0.25, -0.2) is 4.98 Å². The van der Waals surface area contributed by atoms with Crippen LogP contribution in [-0.4, -0.2) is 35.9 Å². The summed E-state index contributed by atoms with van der Waals surface area (Å²) >= 11 is 0.